The molecular weight excluding hydrogens is 268 g/mol. The number of nitrogens with two attached hydrogens (primary N) is 1. The first-order chi connectivity index (χ1) is 10.6. The van der Waals surface area contributed by atoms with E-state index in [0.717, 1.165) is 34.5 Å². The fourth-order valence-electron chi connectivity index (χ4n) is 2.21. The lowest BCUT2D eigenvalue weighted by Crippen LogP contribution is -2.16. The van der Waals surface area contributed by atoms with Crippen molar-refractivity contribution in [3.05, 3.63) is 77.5 Å². The van der Waals surface area contributed by atoms with Crippen LogP contribution in [0.1, 0.15) is 38.8 Å². The molecule has 0 aliphatic heterocycles. The van der Waals surface area contributed by atoms with Crippen molar-refractivity contribution in [3.63, 3.8) is 0 Å². The number of aryl methyl sites for hydroxylation is 1. The van der Waals surface area contributed by atoms with Gasteiger partial charge in [-0.1, -0.05) is 70.3 Å². The molecule has 0 aromatic heterocycles. The Balaban J connectivity index is 0.00000211. The van der Waals surface area contributed by atoms with E-state index < -0.39 is 0 Å². The van der Waals surface area contributed by atoms with Crippen LogP contribution in [0.15, 0.2) is 66.4 Å². The Morgan fingerprint density at radius 2 is 1.77 bits per heavy atom. The van der Waals surface area contributed by atoms with Gasteiger partial charge in [-0.3, -0.25) is 0 Å². The largest absolute Gasteiger partial charge is 0.397 e. The molecule has 3 N–H and O–H groups in total. The number of rotatable bonds is 6. The van der Waals surface area contributed by atoms with Gasteiger partial charge in [-0.25, -0.2) is 0 Å². The maximum Gasteiger partial charge on any atom is 0.0653 e. The molecule has 0 saturated heterocycles. The molecule has 1 aromatic rings. The molecule has 120 valence electrons. The van der Waals surface area contributed by atoms with E-state index in [9.17, 15) is 0 Å². The monoisotopic (exact) mass is 298 g/mol. The van der Waals surface area contributed by atoms with Gasteiger partial charge in [0.15, 0.2) is 0 Å². The van der Waals surface area contributed by atoms with Gasteiger partial charge in [-0.05, 0) is 24.5 Å². The molecule has 0 spiro atoms. The van der Waals surface area contributed by atoms with Crippen molar-refractivity contribution in [2.45, 2.75) is 34.1 Å². The first kappa shape index (κ1) is 19.8. The summed E-state index contributed by atoms with van der Waals surface area (Å²) in [4.78, 5) is 0. The third kappa shape index (κ3) is 4.66. The summed E-state index contributed by atoms with van der Waals surface area (Å²) in [5.41, 5.74) is 12.3. The van der Waals surface area contributed by atoms with Gasteiger partial charge in [0.25, 0.3) is 0 Å². The number of hydrogen-bond acceptors (Lipinski definition) is 2. The van der Waals surface area contributed by atoms with Gasteiger partial charge in [0, 0.05) is 18.2 Å². The van der Waals surface area contributed by atoms with Crippen molar-refractivity contribution in [3.8, 4) is 0 Å². The summed E-state index contributed by atoms with van der Waals surface area (Å²) in [6.07, 6.45) is 4.57. The highest BCUT2D eigenvalue weighted by atomic mass is 14.9. The molecular formula is C20H30N2. The minimum Gasteiger partial charge on any atom is -0.397 e. The van der Waals surface area contributed by atoms with E-state index in [-0.39, 0.29) is 0 Å². The molecule has 0 aliphatic rings. The van der Waals surface area contributed by atoms with Crippen LogP contribution in [0.2, 0.25) is 0 Å². The van der Waals surface area contributed by atoms with Gasteiger partial charge in [0.1, 0.15) is 0 Å². The average Bonchev–Trinajstić information content (AvgIpc) is 2.59. The van der Waals surface area contributed by atoms with E-state index >= 15 is 0 Å². The van der Waals surface area contributed by atoms with Crippen molar-refractivity contribution in [2.24, 2.45) is 5.73 Å². The summed E-state index contributed by atoms with van der Waals surface area (Å²) in [5, 5.41) is 3.20. The van der Waals surface area contributed by atoms with Crippen LogP contribution in [-0.4, -0.2) is 7.05 Å². The summed E-state index contributed by atoms with van der Waals surface area (Å²) in [5.74, 6) is 0. The SMILES string of the molecule is C=C/C(C)=C(C=C)/C(NC)=C(/N)c1ccccc1CC.CC. The fraction of sp³-hybridized carbons (Fsp3) is 0.300. The second kappa shape index (κ2) is 10.5. The molecule has 2 nitrogen and oxygen atoms in total. The lowest BCUT2D eigenvalue weighted by atomic mass is 9.97. The first-order valence-corrected chi connectivity index (χ1v) is 7.82. The minimum absolute atomic E-state index is 0.737. The highest BCUT2D eigenvalue weighted by molar-refractivity contribution is 5.73. The molecule has 1 aromatic carbocycles. The molecule has 0 amide bonds. The Labute approximate surface area is 136 Å². The van der Waals surface area contributed by atoms with Gasteiger partial charge < -0.3 is 11.1 Å². The fourth-order valence-corrected chi connectivity index (χ4v) is 2.21. The summed E-state index contributed by atoms with van der Waals surface area (Å²) in [6, 6.07) is 8.20. The number of nitrogens with one attached hydrogen (secondary N) is 1. The zero-order valence-electron chi connectivity index (χ0n) is 14.7. The number of likely N-dealkylation sites (N-methyl/N-ethyl adjacent to an activating group) is 1. The molecule has 22 heavy (non-hydrogen) atoms. The van der Waals surface area contributed by atoms with Gasteiger partial charge in [0.2, 0.25) is 0 Å². The predicted octanol–water partition coefficient (Wildman–Crippen LogP) is 4.81. The van der Waals surface area contributed by atoms with Crippen LogP contribution in [-0.2, 0) is 6.42 Å². The highest BCUT2D eigenvalue weighted by Gasteiger charge is 2.11. The van der Waals surface area contributed by atoms with E-state index in [0.29, 0.717) is 0 Å². The van der Waals surface area contributed by atoms with Crippen molar-refractivity contribution in [1.29, 1.82) is 0 Å². The zero-order valence-corrected chi connectivity index (χ0v) is 14.7. The van der Waals surface area contributed by atoms with E-state index in [2.05, 4.69) is 37.5 Å². The first-order valence-electron chi connectivity index (χ1n) is 7.82. The van der Waals surface area contributed by atoms with Crippen molar-refractivity contribution < 1.29 is 0 Å². The van der Waals surface area contributed by atoms with Crippen molar-refractivity contribution >= 4 is 5.70 Å². The van der Waals surface area contributed by atoms with E-state index in [1.165, 1.54) is 5.56 Å². The number of hydrogen-bond donors (Lipinski definition) is 2. The third-order valence-corrected chi connectivity index (χ3v) is 3.41. The standard InChI is InChI=1S/C18H24N2.C2H6/c1-6-13(4)15(8-3)18(20-5)17(19)16-12-10-9-11-14(16)7-2;1-2/h6,8-12,20H,1,3,7,19H2,2,4-5H3;1-2H3/b15-13+,18-17-;. The number of benzene rings is 1. The van der Waals surface area contributed by atoms with Crippen molar-refractivity contribution in [2.75, 3.05) is 7.05 Å². The highest BCUT2D eigenvalue weighted by Crippen LogP contribution is 2.24. The Kier molecular flexibility index (Phi) is 9.44. The topological polar surface area (TPSA) is 38.0 Å². The van der Waals surface area contributed by atoms with E-state index in [1.807, 2.05) is 52.1 Å². The summed E-state index contributed by atoms with van der Waals surface area (Å²) >= 11 is 0. The molecule has 0 aliphatic carbocycles. The molecule has 2 heteroatoms. The summed E-state index contributed by atoms with van der Waals surface area (Å²) < 4.78 is 0. The third-order valence-electron chi connectivity index (χ3n) is 3.41. The lowest BCUT2D eigenvalue weighted by molar-refractivity contribution is 1.00. The van der Waals surface area contributed by atoms with Gasteiger partial charge >= 0.3 is 0 Å². The van der Waals surface area contributed by atoms with Crippen LogP contribution in [0.4, 0.5) is 0 Å². The molecule has 0 heterocycles. The van der Waals surface area contributed by atoms with Gasteiger partial charge in [-0.15, -0.1) is 0 Å². The molecule has 0 atom stereocenters. The normalized spacial score (nSPS) is 12.2. The molecule has 0 saturated carbocycles. The van der Waals surface area contributed by atoms with Crippen LogP contribution in [0, 0.1) is 0 Å². The Morgan fingerprint density at radius 3 is 2.23 bits per heavy atom. The second-order valence-corrected chi connectivity index (χ2v) is 4.55. The second-order valence-electron chi connectivity index (χ2n) is 4.55. The molecule has 0 fully saturated rings. The van der Waals surface area contributed by atoms with E-state index in [1.54, 1.807) is 0 Å². The lowest BCUT2D eigenvalue weighted by Gasteiger charge is -2.16. The zero-order chi connectivity index (χ0) is 17.1. The Morgan fingerprint density at radius 1 is 1.18 bits per heavy atom. The smallest absolute Gasteiger partial charge is 0.0653 e. The predicted molar refractivity (Wildman–Crippen MR) is 100 cm³/mol. The molecule has 1 rings (SSSR count). The Hall–Kier alpha value is -2.22. The quantitative estimate of drug-likeness (QED) is 0.740. The molecule has 0 bridgehead atoms. The minimum atomic E-state index is 0.737. The summed E-state index contributed by atoms with van der Waals surface area (Å²) in [7, 11) is 1.87. The van der Waals surface area contributed by atoms with Crippen LogP contribution >= 0.6 is 0 Å². The van der Waals surface area contributed by atoms with Crippen molar-refractivity contribution in [1.82, 2.24) is 5.32 Å². The maximum atomic E-state index is 6.40. The average molecular weight is 298 g/mol. The molecule has 0 unspecified atom stereocenters. The Bertz CT molecular complexity index is 563. The van der Waals surface area contributed by atoms with Gasteiger partial charge in [0.05, 0.1) is 11.4 Å². The number of allylic oxidation sites excluding steroid dienone is 3. The van der Waals surface area contributed by atoms with Crippen LogP contribution in [0.5, 0.6) is 0 Å². The van der Waals surface area contributed by atoms with Crippen LogP contribution in [0.25, 0.3) is 5.70 Å². The molecule has 0 radical (unpaired) electrons. The van der Waals surface area contributed by atoms with Crippen LogP contribution < -0.4 is 11.1 Å². The maximum absolute atomic E-state index is 6.40. The van der Waals surface area contributed by atoms with E-state index in [4.69, 9.17) is 5.73 Å². The van der Waals surface area contributed by atoms with Gasteiger partial charge in [-0.2, -0.15) is 0 Å². The summed E-state index contributed by atoms with van der Waals surface area (Å²) in [6.45, 7) is 15.8. The van der Waals surface area contributed by atoms with Crippen LogP contribution in [0.3, 0.4) is 0 Å².